The first-order chi connectivity index (χ1) is 10.8. The molecule has 1 saturated heterocycles. The molecule has 0 amide bonds. The number of hydrogen-bond acceptors (Lipinski definition) is 4. The summed E-state index contributed by atoms with van der Waals surface area (Å²) in [5.41, 5.74) is 0.554. The minimum absolute atomic E-state index is 0.00878. The molecule has 1 aromatic rings. The van der Waals surface area contributed by atoms with E-state index >= 15 is 0 Å². The van der Waals surface area contributed by atoms with Crippen molar-refractivity contribution < 1.29 is 13.6 Å². The molecule has 2 aliphatic rings. The van der Waals surface area contributed by atoms with Crippen molar-refractivity contribution in [1.82, 2.24) is 9.11 Å². The summed E-state index contributed by atoms with van der Waals surface area (Å²) in [4.78, 5) is -1.56. The van der Waals surface area contributed by atoms with Crippen LogP contribution in [0.1, 0.15) is 39.2 Å². The van der Waals surface area contributed by atoms with Gasteiger partial charge in [-0.05, 0) is 36.7 Å². The molecule has 0 aromatic heterocycles. The third-order valence-corrected chi connectivity index (χ3v) is 7.44. The first kappa shape index (κ1) is 17.8. The van der Waals surface area contributed by atoms with Crippen LogP contribution >= 0.6 is 0 Å². The topological polar surface area (TPSA) is 80.7 Å². The summed E-state index contributed by atoms with van der Waals surface area (Å²) in [6.45, 7) is 8.56. The maximum atomic E-state index is 13.2. The van der Waals surface area contributed by atoms with Crippen LogP contribution in [0.5, 0.6) is 0 Å². The van der Waals surface area contributed by atoms with Gasteiger partial charge < -0.3 is 5.21 Å². The molecule has 1 aliphatic heterocycles. The zero-order chi connectivity index (χ0) is 18.1. The van der Waals surface area contributed by atoms with E-state index in [-0.39, 0.29) is 27.5 Å². The molecule has 1 aromatic carbocycles. The number of hydroxylamine groups is 2. The molecule has 6 nitrogen and oxygen atoms in total. The molecular weight excluding hydrogens is 328 g/mol. The molecular formula is C17H26N2O4S. The molecule has 2 bridgehead atoms. The second-order valence-corrected chi connectivity index (χ2v) is 10.5. The van der Waals surface area contributed by atoms with Gasteiger partial charge in [0.15, 0.2) is 5.69 Å². The van der Waals surface area contributed by atoms with Gasteiger partial charge in [-0.1, -0.05) is 26.8 Å². The molecule has 1 heterocycles. The fraction of sp³-hybridized carbons (Fsp3) is 0.647. The Bertz CT molecular complexity index is 780. The minimum atomic E-state index is -3.70. The first-order valence-electron chi connectivity index (χ1n) is 8.20. The van der Waals surface area contributed by atoms with Crippen LogP contribution in [0.4, 0.5) is 5.69 Å². The molecule has 134 valence electrons. The molecule has 1 aliphatic carbocycles. The molecule has 3 unspecified atom stereocenters. The molecule has 1 N–H and O–H groups in total. The third kappa shape index (κ3) is 2.68. The van der Waals surface area contributed by atoms with Crippen LogP contribution in [0.3, 0.4) is 0 Å². The smallest absolute Gasteiger partial charge is 0.243 e. The van der Waals surface area contributed by atoms with Gasteiger partial charge in [0.25, 0.3) is 0 Å². The maximum Gasteiger partial charge on any atom is 0.243 e. The van der Waals surface area contributed by atoms with Crippen molar-refractivity contribution >= 4 is 15.7 Å². The Morgan fingerprint density at radius 1 is 1.33 bits per heavy atom. The van der Waals surface area contributed by atoms with Crippen LogP contribution < -0.4 is 4.81 Å². The van der Waals surface area contributed by atoms with Crippen molar-refractivity contribution in [3.63, 3.8) is 0 Å². The number of sulfonamides is 1. The van der Waals surface area contributed by atoms with Gasteiger partial charge in [0.05, 0.1) is 4.90 Å². The van der Waals surface area contributed by atoms with E-state index in [1.54, 1.807) is 17.3 Å². The van der Waals surface area contributed by atoms with Gasteiger partial charge in [-0.25, -0.2) is 13.6 Å². The normalized spacial score (nSPS) is 32.0. The van der Waals surface area contributed by atoms with E-state index in [9.17, 15) is 18.8 Å². The standard InChI is InChI=1S/C17H26N2O4S/c1-12-6-7-13(8-14(12)19(5,20)21)24(22,23)18-11-17(4)9-15(18)16(2,3)10-17/h6-8,15,20H,9-11H2,1-5H3. The van der Waals surface area contributed by atoms with E-state index in [0.717, 1.165) is 19.9 Å². The quantitative estimate of drug-likeness (QED) is 0.668. The van der Waals surface area contributed by atoms with Gasteiger partial charge in [-0.3, -0.25) is 0 Å². The molecule has 0 radical (unpaired) electrons. The van der Waals surface area contributed by atoms with E-state index < -0.39 is 14.8 Å². The fourth-order valence-corrected chi connectivity index (χ4v) is 6.66. The lowest BCUT2D eigenvalue weighted by molar-refractivity contribution is -0.00505. The number of fused-ring (bicyclic) bond motifs is 2. The second-order valence-electron chi connectivity index (χ2n) is 8.57. The highest BCUT2D eigenvalue weighted by molar-refractivity contribution is 7.89. The van der Waals surface area contributed by atoms with Crippen LogP contribution in [0.25, 0.3) is 0 Å². The number of rotatable bonds is 3. The average Bonchev–Trinajstić information content (AvgIpc) is 2.86. The highest BCUT2D eigenvalue weighted by Crippen LogP contribution is 2.58. The summed E-state index contributed by atoms with van der Waals surface area (Å²) in [5.74, 6) is 0. The predicted molar refractivity (Wildman–Crippen MR) is 92.9 cm³/mol. The van der Waals surface area contributed by atoms with Crippen LogP contribution in [0.2, 0.25) is 0 Å². The zero-order valence-electron chi connectivity index (χ0n) is 14.9. The number of quaternary nitrogens is 1. The van der Waals surface area contributed by atoms with Gasteiger partial charge in [0.1, 0.15) is 7.05 Å². The van der Waals surface area contributed by atoms with E-state index in [0.29, 0.717) is 12.1 Å². The Balaban J connectivity index is 2.04. The SMILES string of the molecule is Cc1ccc(S(=O)(=O)N2CC3(C)CC2C(C)(C)C3)cc1[N+](C)([O-])O. The van der Waals surface area contributed by atoms with Crippen molar-refractivity contribution in [1.29, 1.82) is 0 Å². The summed E-state index contributed by atoms with van der Waals surface area (Å²) in [6, 6.07) is 4.37. The summed E-state index contributed by atoms with van der Waals surface area (Å²) < 4.78 is 28.0. The fourth-order valence-electron chi connectivity index (χ4n) is 4.72. The highest BCUT2D eigenvalue weighted by Gasteiger charge is 2.59. The highest BCUT2D eigenvalue weighted by atomic mass is 32.2. The predicted octanol–water partition coefficient (Wildman–Crippen LogP) is 3.02. The number of aryl methyl sites for hydroxylation is 1. The Morgan fingerprint density at radius 3 is 2.46 bits per heavy atom. The molecule has 24 heavy (non-hydrogen) atoms. The number of piperidine rings is 1. The molecule has 2 fully saturated rings. The second kappa shape index (κ2) is 5.02. The third-order valence-electron chi connectivity index (χ3n) is 5.59. The Hall–Kier alpha value is -0.990. The number of benzene rings is 1. The zero-order valence-corrected chi connectivity index (χ0v) is 15.7. The monoisotopic (exact) mass is 354 g/mol. The first-order valence-corrected chi connectivity index (χ1v) is 9.64. The van der Waals surface area contributed by atoms with E-state index in [1.165, 1.54) is 12.1 Å². The lowest BCUT2D eigenvalue weighted by Crippen LogP contribution is -2.47. The van der Waals surface area contributed by atoms with Crippen molar-refractivity contribution in [2.45, 2.75) is 51.5 Å². The van der Waals surface area contributed by atoms with Crippen LogP contribution in [0.15, 0.2) is 23.1 Å². The Morgan fingerprint density at radius 2 is 1.96 bits per heavy atom. The largest absolute Gasteiger partial charge is 0.593 e. The van der Waals surface area contributed by atoms with Gasteiger partial charge in [-0.2, -0.15) is 9.11 Å². The molecule has 0 spiro atoms. The van der Waals surface area contributed by atoms with Gasteiger partial charge in [0, 0.05) is 24.2 Å². The van der Waals surface area contributed by atoms with Gasteiger partial charge in [-0.15, -0.1) is 0 Å². The van der Waals surface area contributed by atoms with Crippen molar-refractivity contribution in [2.75, 3.05) is 13.6 Å². The van der Waals surface area contributed by atoms with Crippen molar-refractivity contribution in [2.24, 2.45) is 10.8 Å². The maximum absolute atomic E-state index is 13.2. The summed E-state index contributed by atoms with van der Waals surface area (Å²) >= 11 is 0. The van der Waals surface area contributed by atoms with Crippen molar-refractivity contribution in [3.8, 4) is 0 Å². The van der Waals surface area contributed by atoms with Gasteiger partial charge >= 0.3 is 0 Å². The van der Waals surface area contributed by atoms with Crippen LogP contribution in [0, 0.1) is 23.0 Å². The van der Waals surface area contributed by atoms with E-state index in [4.69, 9.17) is 0 Å². The number of hydrogen-bond donors (Lipinski definition) is 1. The van der Waals surface area contributed by atoms with Crippen LogP contribution in [-0.4, -0.2) is 37.6 Å². The van der Waals surface area contributed by atoms with Gasteiger partial charge in [0.2, 0.25) is 10.0 Å². The number of nitrogens with zero attached hydrogens (tertiary/aromatic N) is 2. The van der Waals surface area contributed by atoms with Crippen molar-refractivity contribution in [3.05, 3.63) is 29.0 Å². The lowest BCUT2D eigenvalue weighted by Gasteiger charge is -2.40. The molecule has 1 saturated carbocycles. The Labute approximate surface area is 143 Å². The summed E-state index contributed by atoms with van der Waals surface area (Å²) in [7, 11) is -2.63. The molecule has 3 rings (SSSR count). The van der Waals surface area contributed by atoms with E-state index in [1.807, 2.05) is 0 Å². The summed E-state index contributed by atoms with van der Waals surface area (Å²) in [6.07, 6.45) is 1.88. The lowest BCUT2D eigenvalue weighted by atomic mass is 9.80. The Kier molecular flexibility index (Phi) is 3.72. The molecule has 7 heteroatoms. The van der Waals surface area contributed by atoms with Crippen LogP contribution in [-0.2, 0) is 10.0 Å². The minimum Gasteiger partial charge on any atom is -0.593 e. The summed E-state index contributed by atoms with van der Waals surface area (Å²) in [5, 5.41) is 21.6. The van der Waals surface area contributed by atoms with E-state index in [2.05, 4.69) is 20.8 Å². The average molecular weight is 354 g/mol. The molecule has 3 atom stereocenters.